The van der Waals surface area contributed by atoms with E-state index in [1.165, 1.54) is 0 Å². The summed E-state index contributed by atoms with van der Waals surface area (Å²) in [6, 6.07) is 3.59. The lowest BCUT2D eigenvalue weighted by atomic mass is 10.3. The Labute approximate surface area is 120 Å². The van der Waals surface area contributed by atoms with Gasteiger partial charge in [0, 0.05) is 5.92 Å². The molecule has 1 fully saturated rings. The second-order valence-electron chi connectivity index (χ2n) is 5.14. The molecule has 1 amide bonds. The van der Waals surface area contributed by atoms with Crippen molar-refractivity contribution in [2.45, 2.75) is 19.8 Å². The third-order valence-corrected chi connectivity index (χ3v) is 3.38. The van der Waals surface area contributed by atoms with Crippen LogP contribution in [0.4, 0.5) is 5.82 Å². The van der Waals surface area contributed by atoms with E-state index < -0.39 is 0 Å². The van der Waals surface area contributed by atoms with Crippen LogP contribution in [0.5, 0.6) is 0 Å². The molecule has 0 spiro atoms. The molecule has 0 radical (unpaired) electrons. The highest BCUT2D eigenvalue weighted by Gasteiger charge is 2.30. The Hall–Kier alpha value is -2.70. The summed E-state index contributed by atoms with van der Waals surface area (Å²) < 4.78 is 7.01. The number of furan rings is 1. The molecule has 0 aromatic carbocycles. The second-order valence-corrected chi connectivity index (χ2v) is 5.14. The summed E-state index contributed by atoms with van der Waals surface area (Å²) in [5.74, 6) is 1.80. The van der Waals surface area contributed by atoms with Crippen LogP contribution in [-0.4, -0.2) is 25.5 Å². The van der Waals surface area contributed by atoms with Gasteiger partial charge in [0.25, 0.3) is 0 Å². The van der Waals surface area contributed by atoms with Crippen molar-refractivity contribution in [1.82, 2.24) is 19.6 Å². The molecule has 1 aliphatic rings. The third kappa shape index (κ3) is 2.16. The van der Waals surface area contributed by atoms with Gasteiger partial charge < -0.3 is 9.73 Å². The lowest BCUT2D eigenvalue weighted by Crippen LogP contribution is -2.15. The molecule has 0 bridgehead atoms. The zero-order valence-corrected chi connectivity index (χ0v) is 11.4. The quantitative estimate of drug-likeness (QED) is 0.795. The van der Waals surface area contributed by atoms with Gasteiger partial charge in [0.05, 0.1) is 12.5 Å². The van der Waals surface area contributed by atoms with Gasteiger partial charge in [-0.15, -0.1) is 0 Å². The number of fused-ring (bicyclic) bond motifs is 1. The molecule has 1 aliphatic carbocycles. The van der Waals surface area contributed by atoms with E-state index >= 15 is 0 Å². The first-order valence-electron chi connectivity index (χ1n) is 6.79. The van der Waals surface area contributed by atoms with E-state index in [-0.39, 0.29) is 11.8 Å². The SMILES string of the molecule is Cc1nc2c(-c3ccco3)nc(NC(=O)C3CC3)cn2n1. The molecule has 106 valence electrons. The van der Waals surface area contributed by atoms with Gasteiger partial charge in [-0.1, -0.05) is 0 Å². The standard InChI is InChI=1S/C14H13N5O2/c1-8-15-13-12(10-3-2-6-21-10)16-11(7-19(13)18-8)17-14(20)9-4-5-9/h2-3,6-7,9H,4-5H2,1H3,(H,17,20). The summed E-state index contributed by atoms with van der Waals surface area (Å²) in [6.07, 6.45) is 5.14. The Morgan fingerprint density at radius 1 is 1.43 bits per heavy atom. The van der Waals surface area contributed by atoms with E-state index in [9.17, 15) is 4.79 Å². The number of nitrogens with one attached hydrogen (secondary N) is 1. The third-order valence-electron chi connectivity index (χ3n) is 3.38. The van der Waals surface area contributed by atoms with Crippen LogP contribution in [0.15, 0.2) is 29.0 Å². The van der Waals surface area contributed by atoms with E-state index in [2.05, 4.69) is 20.4 Å². The van der Waals surface area contributed by atoms with Gasteiger partial charge in [0.1, 0.15) is 5.82 Å². The summed E-state index contributed by atoms with van der Waals surface area (Å²) in [5.41, 5.74) is 1.17. The van der Waals surface area contributed by atoms with Gasteiger partial charge in [-0.25, -0.2) is 14.5 Å². The van der Waals surface area contributed by atoms with Gasteiger partial charge >= 0.3 is 0 Å². The molecule has 7 heteroatoms. The van der Waals surface area contributed by atoms with Crippen molar-refractivity contribution in [3.63, 3.8) is 0 Å². The predicted octanol–water partition coefficient (Wildman–Crippen LogP) is 2.04. The first-order chi connectivity index (χ1) is 10.2. The second kappa shape index (κ2) is 4.41. The Kier molecular flexibility index (Phi) is 2.53. The molecule has 3 aromatic rings. The highest BCUT2D eigenvalue weighted by atomic mass is 16.3. The van der Waals surface area contributed by atoms with Crippen LogP contribution in [0.1, 0.15) is 18.7 Å². The molecule has 0 saturated heterocycles. The molecule has 3 aromatic heterocycles. The number of hydrogen-bond acceptors (Lipinski definition) is 5. The van der Waals surface area contributed by atoms with Gasteiger partial charge in [-0.3, -0.25) is 4.79 Å². The zero-order chi connectivity index (χ0) is 14.4. The first kappa shape index (κ1) is 12.1. The van der Waals surface area contributed by atoms with Crippen LogP contribution in [0.25, 0.3) is 17.1 Å². The monoisotopic (exact) mass is 283 g/mol. The van der Waals surface area contributed by atoms with Crippen molar-refractivity contribution in [3.8, 4) is 11.5 Å². The summed E-state index contributed by atoms with van der Waals surface area (Å²) >= 11 is 0. The lowest BCUT2D eigenvalue weighted by Gasteiger charge is -2.06. The smallest absolute Gasteiger partial charge is 0.228 e. The highest BCUT2D eigenvalue weighted by molar-refractivity contribution is 5.93. The number of amides is 1. The number of aryl methyl sites for hydroxylation is 1. The zero-order valence-electron chi connectivity index (χ0n) is 11.4. The van der Waals surface area contributed by atoms with E-state index in [0.29, 0.717) is 28.7 Å². The minimum absolute atomic E-state index is 0.00378. The normalized spacial score (nSPS) is 14.5. The minimum atomic E-state index is 0.00378. The predicted molar refractivity (Wildman–Crippen MR) is 74.6 cm³/mol. The molecular weight excluding hydrogens is 270 g/mol. The highest BCUT2D eigenvalue weighted by Crippen LogP contribution is 2.30. The largest absolute Gasteiger partial charge is 0.463 e. The topological polar surface area (TPSA) is 85.3 Å². The molecule has 0 atom stereocenters. The fourth-order valence-electron chi connectivity index (χ4n) is 2.21. The van der Waals surface area contributed by atoms with Gasteiger partial charge in [-0.05, 0) is 31.9 Å². The fourth-order valence-corrected chi connectivity index (χ4v) is 2.21. The Balaban J connectivity index is 1.82. The Morgan fingerprint density at radius 2 is 2.29 bits per heavy atom. The van der Waals surface area contributed by atoms with Crippen LogP contribution in [0, 0.1) is 12.8 Å². The van der Waals surface area contributed by atoms with E-state index in [4.69, 9.17) is 4.42 Å². The number of carbonyl (C=O) groups is 1. The fraction of sp³-hybridized carbons (Fsp3) is 0.286. The van der Waals surface area contributed by atoms with Crippen LogP contribution in [-0.2, 0) is 4.79 Å². The van der Waals surface area contributed by atoms with Gasteiger partial charge in [0.2, 0.25) is 5.91 Å². The summed E-state index contributed by atoms with van der Waals surface area (Å²) in [4.78, 5) is 20.7. The summed E-state index contributed by atoms with van der Waals surface area (Å²) in [5, 5.41) is 7.11. The van der Waals surface area contributed by atoms with E-state index in [1.807, 2.05) is 0 Å². The number of carbonyl (C=O) groups excluding carboxylic acids is 1. The molecule has 1 N–H and O–H groups in total. The van der Waals surface area contributed by atoms with Crippen molar-refractivity contribution < 1.29 is 9.21 Å². The number of nitrogens with zero attached hydrogens (tertiary/aromatic N) is 4. The molecule has 1 saturated carbocycles. The van der Waals surface area contributed by atoms with E-state index in [1.54, 1.807) is 36.0 Å². The summed E-state index contributed by atoms with van der Waals surface area (Å²) in [7, 11) is 0. The van der Waals surface area contributed by atoms with Crippen molar-refractivity contribution in [2.24, 2.45) is 5.92 Å². The molecule has 4 rings (SSSR count). The minimum Gasteiger partial charge on any atom is -0.463 e. The van der Waals surface area contributed by atoms with Gasteiger partial charge in [0.15, 0.2) is 22.9 Å². The molecule has 7 nitrogen and oxygen atoms in total. The maximum Gasteiger partial charge on any atom is 0.228 e. The van der Waals surface area contributed by atoms with Gasteiger partial charge in [-0.2, -0.15) is 5.10 Å². The molecule has 21 heavy (non-hydrogen) atoms. The number of rotatable bonds is 3. The van der Waals surface area contributed by atoms with Crippen molar-refractivity contribution in [1.29, 1.82) is 0 Å². The van der Waals surface area contributed by atoms with Crippen molar-refractivity contribution in [2.75, 3.05) is 5.32 Å². The number of anilines is 1. The maximum atomic E-state index is 11.9. The van der Waals surface area contributed by atoms with Crippen LogP contribution >= 0.6 is 0 Å². The van der Waals surface area contributed by atoms with Crippen LogP contribution < -0.4 is 5.32 Å². The van der Waals surface area contributed by atoms with Crippen molar-refractivity contribution in [3.05, 3.63) is 30.4 Å². The van der Waals surface area contributed by atoms with Crippen molar-refractivity contribution >= 4 is 17.4 Å². The maximum absolute atomic E-state index is 11.9. The Morgan fingerprint density at radius 3 is 3.00 bits per heavy atom. The molecule has 0 aliphatic heterocycles. The molecule has 3 heterocycles. The summed E-state index contributed by atoms with van der Waals surface area (Å²) in [6.45, 7) is 1.81. The Bertz CT molecular complexity index is 817. The number of aromatic nitrogens is 4. The van der Waals surface area contributed by atoms with E-state index in [0.717, 1.165) is 12.8 Å². The van der Waals surface area contributed by atoms with Crippen LogP contribution in [0.2, 0.25) is 0 Å². The van der Waals surface area contributed by atoms with Crippen LogP contribution in [0.3, 0.4) is 0 Å². The molecular formula is C14H13N5O2. The molecule has 0 unspecified atom stereocenters. The lowest BCUT2D eigenvalue weighted by molar-refractivity contribution is -0.117. The average molecular weight is 283 g/mol. The number of hydrogen-bond donors (Lipinski definition) is 1. The first-order valence-corrected chi connectivity index (χ1v) is 6.79. The average Bonchev–Trinajstić information content (AvgIpc) is 3.03.